The van der Waals surface area contributed by atoms with E-state index in [1.807, 2.05) is 6.07 Å². The van der Waals surface area contributed by atoms with Gasteiger partial charge in [-0.15, -0.1) is 0 Å². The minimum absolute atomic E-state index is 0.0760. The van der Waals surface area contributed by atoms with Gasteiger partial charge in [0.25, 0.3) is 0 Å². The van der Waals surface area contributed by atoms with Gasteiger partial charge in [0.05, 0.1) is 12.1 Å². The second-order valence-corrected chi connectivity index (χ2v) is 6.60. The van der Waals surface area contributed by atoms with Crippen molar-refractivity contribution in [1.29, 1.82) is 0 Å². The van der Waals surface area contributed by atoms with Crippen LogP contribution in [0.5, 0.6) is 0 Å². The molecule has 0 aromatic heterocycles. The predicted molar refractivity (Wildman–Crippen MR) is 91.2 cm³/mol. The van der Waals surface area contributed by atoms with E-state index in [0.717, 1.165) is 25.8 Å². The van der Waals surface area contributed by atoms with E-state index in [1.165, 1.54) is 16.7 Å². The maximum Gasteiger partial charge on any atom is 0.237 e. The molecule has 1 saturated heterocycles. The maximum atomic E-state index is 12.6. The van der Waals surface area contributed by atoms with Gasteiger partial charge < -0.3 is 10.6 Å². The normalized spacial score (nSPS) is 26.0. The molecule has 1 heterocycles. The van der Waals surface area contributed by atoms with E-state index in [9.17, 15) is 4.79 Å². The van der Waals surface area contributed by atoms with Crippen molar-refractivity contribution in [3.05, 3.63) is 71.3 Å². The first kappa shape index (κ1) is 14.5. The van der Waals surface area contributed by atoms with Gasteiger partial charge >= 0.3 is 0 Å². The molecule has 4 rings (SSSR count). The zero-order chi connectivity index (χ0) is 15.6. The van der Waals surface area contributed by atoms with Gasteiger partial charge in [0, 0.05) is 6.54 Å². The minimum atomic E-state index is -0.0760. The van der Waals surface area contributed by atoms with Gasteiger partial charge in [-0.05, 0) is 41.9 Å². The van der Waals surface area contributed by atoms with Gasteiger partial charge in [-0.1, -0.05) is 54.6 Å². The monoisotopic (exact) mass is 306 g/mol. The Labute approximate surface area is 137 Å². The van der Waals surface area contributed by atoms with Crippen molar-refractivity contribution < 1.29 is 4.79 Å². The minimum Gasteiger partial charge on any atom is -0.348 e. The second-order valence-electron chi connectivity index (χ2n) is 6.60. The van der Waals surface area contributed by atoms with Crippen molar-refractivity contribution in [2.45, 2.75) is 37.3 Å². The molecule has 1 aliphatic carbocycles. The topological polar surface area (TPSA) is 41.1 Å². The lowest BCUT2D eigenvalue weighted by atomic mass is 9.96. The largest absolute Gasteiger partial charge is 0.348 e. The van der Waals surface area contributed by atoms with E-state index >= 15 is 0 Å². The molecule has 3 heteroatoms. The van der Waals surface area contributed by atoms with Crippen LogP contribution in [-0.2, 0) is 11.2 Å². The Hall–Kier alpha value is -2.13. The fourth-order valence-electron chi connectivity index (χ4n) is 3.89. The summed E-state index contributed by atoms with van der Waals surface area (Å²) in [5.74, 6) is 0.577. The summed E-state index contributed by atoms with van der Waals surface area (Å²) in [4.78, 5) is 12.6. The first-order valence-corrected chi connectivity index (χ1v) is 8.48. The van der Waals surface area contributed by atoms with E-state index < -0.39 is 0 Å². The van der Waals surface area contributed by atoms with Crippen LogP contribution in [0.1, 0.15) is 41.5 Å². The molecule has 3 atom stereocenters. The molecule has 0 bridgehead atoms. The molecular formula is C20H22N2O. The lowest BCUT2D eigenvalue weighted by Gasteiger charge is -2.17. The number of nitrogens with one attached hydrogen (secondary N) is 2. The Bertz CT molecular complexity index is 698. The Morgan fingerprint density at radius 2 is 1.83 bits per heavy atom. The van der Waals surface area contributed by atoms with Crippen molar-refractivity contribution in [2.24, 2.45) is 0 Å². The molecule has 0 saturated carbocycles. The highest BCUT2D eigenvalue weighted by atomic mass is 16.2. The highest BCUT2D eigenvalue weighted by molar-refractivity contribution is 5.82. The molecule has 0 radical (unpaired) electrons. The number of carbonyl (C=O) groups is 1. The Balaban J connectivity index is 1.39. The van der Waals surface area contributed by atoms with E-state index in [4.69, 9.17) is 0 Å². The summed E-state index contributed by atoms with van der Waals surface area (Å²) in [5, 5.41) is 6.64. The zero-order valence-electron chi connectivity index (χ0n) is 13.2. The van der Waals surface area contributed by atoms with Gasteiger partial charge in [-0.25, -0.2) is 0 Å². The van der Waals surface area contributed by atoms with Gasteiger partial charge in [-0.3, -0.25) is 4.79 Å². The standard InChI is InChI=1S/C20H22N2O/c23-20(22-18-11-10-15-8-4-5-9-17(15)18)19-12-16(13-21-19)14-6-2-1-3-7-14/h1-9,16,18-19,21H,10-13H2,(H,22,23)/t16?,18-,19?/m1/s1. The molecule has 2 N–H and O–H groups in total. The van der Waals surface area contributed by atoms with Crippen LogP contribution >= 0.6 is 0 Å². The zero-order valence-corrected chi connectivity index (χ0v) is 13.2. The molecule has 2 aliphatic rings. The third-order valence-electron chi connectivity index (χ3n) is 5.17. The number of amides is 1. The molecule has 2 aromatic carbocycles. The first-order chi connectivity index (χ1) is 11.3. The van der Waals surface area contributed by atoms with E-state index in [1.54, 1.807) is 0 Å². The number of benzene rings is 2. The van der Waals surface area contributed by atoms with Crippen LogP contribution in [0.4, 0.5) is 0 Å². The summed E-state index contributed by atoms with van der Waals surface area (Å²) in [6, 6.07) is 19.0. The summed E-state index contributed by atoms with van der Waals surface area (Å²) in [5.41, 5.74) is 3.99. The lowest BCUT2D eigenvalue weighted by molar-refractivity contribution is -0.123. The lowest BCUT2D eigenvalue weighted by Crippen LogP contribution is -2.41. The van der Waals surface area contributed by atoms with Crippen LogP contribution < -0.4 is 10.6 Å². The van der Waals surface area contributed by atoms with Gasteiger partial charge in [0.2, 0.25) is 5.91 Å². The van der Waals surface area contributed by atoms with Crippen LogP contribution in [-0.4, -0.2) is 18.5 Å². The third-order valence-corrected chi connectivity index (χ3v) is 5.17. The number of hydrogen-bond acceptors (Lipinski definition) is 2. The van der Waals surface area contributed by atoms with Gasteiger partial charge in [0.15, 0.2) is 0 Å². The average molecular weight is 306 g/mol. The van der Waals surface area contributed by atoms with Crippen LogP contribution in [0, 0.1) is 0 Å². The van der Waals surface area contributed by atoms with Crippen LogP contribution in [0.3, 0.4) is 0 Å². The van der Waals surface area contributed by atoms with E-state index in [2.05, 4.69) is 59.2 Å². The molecule has 1 fully saturated rings. The average Bonchev–Trinajstić information content (AvgIpc) is 3.24. The summed E-state index contributed by atoms with van der Waals surface area (Å²) >= 11 is 0. The smallest absolute Gasteiger partial charge is 0.237 e. The molecule has 1 aliphatic heterocycles. The number of hydrogen-bond donors (Lipinski definition) is 2. The Kier molecular flexibility index (Phi) is 3.88. The predicted octanol–water partition coefficient (Wildman–Crippen LogP) is 2.94. The van der Waals surface area contributed by atoms with Crippen LogP contribution in [0.25, 0.3) is 0 Å². The van der Waals surface area contributed by atoms with E-state index in [0.29, 0.717) is 5.92 Å². The van der Waals surface area contributed by atoms with Crippen molar-refractivity contribution in [1.82, 2.24) is 10.6 Å². The highest BCUT2D eigenvalue weighted by Gasteiger charge is 2.32. The fraction of sp³-hybridized carbons (Fsp3) is 0.350. The fourth-order valence-corrected chi connectivity index (χ4v) is 3.89. The summed E-state index contributed by atoms with van der Waals surface area (Å²) in [6.07, 6.45) is 2.95. The number of aryl methyl sites for hydroxylation is 1. The van der Waals surface area contributed by atoms with E-state index in [-0.39, 0.29) is 18.0 Å². The van der Waals surface area contributed by atoms with Crippen LogP contribution in [0.15, 0.2) is 54.6 Å². The quantitative estimate of drug-likeness (QED) is 0.915. The van der Waals surface area contributed by atoms with Gasteiger partial charge in [-0.2, -0.15) is 0 Å². The van der Waals surface area contributed by atoms with Crippen molar-refractivity contribution in [2.75, 3.05) is 6.54 Å². The number of carbonyl (C=O) groups excluding carboxylic acids is 1. The molecule has 3 nitrogen and oxygen atoms in total. The molecule has 0 spiro atoms. The molecule has 2 aromatic rings. The molecule has 118 valence electrons. The summed E-state index contributed by atoms with van der Waals surface area (Å²) in [6.45, 7) is 0.878. The van der Waals surface area contributed by atoms with Gasteiger partial charge in [0.1, 0.15) is 0 Å². The number of rotatable bonds is 3. The second kappa shape index (κ2) is 6.17. The van der Waals surface area contributed by atoms with Crippen molar-refractivity contribution in [3.8, 4) is 0 Å². The SMILES string of the molecule is O=C(N[C@@H]1CCc2ccccc21)C1CC(c2ccccc2)CN1. The van der Waals surface area contributed by atoms with Crippen molar-refractivity contribution >= 4 is 5.91 Å². The maximum absolute atomic E-state index is 12.6. The van der Waals surface area contributed by atoms with Crippen molar-refractivity contribution in [3.63, 3.8) is 0 Å². The molecule has 23 heavy (non-hydrogen) atoms. The Morgan fingerprint density at radius 3 is 2.70 bits per heavy atom. The third kappa shape index (κ3) is 2.89. The summed E-state index contributed by atoms with van der Waals surface area (Å²) < 4.78 is 0. The Morgan fingerprint density at radius 1 is 1.04 bits per heavy atom. The molecule has 1 amide bonds. The summed E-state index contributed by atoms with van der Waals surface area (Å²) in [7, 11) is 0. The highest BCUT2D eigenvalue weighted by Crippen LogP contribution is 2.31. The number of fused-ring (bicyclic) bond motifs is 1. The molecular weight excluding hydrogens is 284 g/mol. The molecule has 2 unspecified atom stereocenters. The van der Waals surface area contributed by atoms with Crippen LogP contribution in [0.2, 0.25) is 0 Å². The first-order valence-electron chi connectivity index (χ1n) is 8.48.